The standard InChI is InChI=1S/C22H34N4OS/c27-22(17-5-1-2-6-17)23-11-21-19-9-18(20-7-3-4-8-26(20)21)13-25(14-19)12-16-10-24-28-15-16/h10,15,17-21H,1-9,11-14H2,(H,23,27)/t18-,19+,20+,21+/m1/s1. The molecule has 1 amide bonds. The Balaban J connectivity index is 1.28. The van der Waals surface area contributed by atoms with Crippen molar-refractivity contribution in [3.8, 4) is 0 Å². The van der Waals surface area contributed by atoms with Gasteiger partial charge in [0.05, 0.1) is 0 Å². The van der Waals surface area contributed by atoms with Crippen molar-refractivity contribution in [2.45, 2.75) is 70.0 Å². The highest BCUT2D eigenvalue weighted by atomic mass is 32.1. The van der Waals surface area contributed by atoms with Gasteiger partial charge in [0.2, 0.25) is 5.91 Å². The third-order valence-electron chi connectivity index (χ3n) is 7.80. The Morgan fingerprint density at radius 1 is 1.14 bits per heavy atom. The molecule has 2 bridgehead atoms. The number of fused-ring (bicyclic) bond motifs is 4. The van der Waals surface area contributed by atoms with Crippen LogP contribution in [0.15, 0.2) is 11.6 Å². The Bertz CT molecular complexity index is 660. The zero-order valence-corrected chi connectivity index (χ0v) is 17.7. The maximum atomic E-state index is 12.7. The predicted molar refractivity (Wildman–Crippen MR) is 112 cm³/mol. The minimum atomic E-state index is 0.280. The quantitative estimate of drug-likeness (QED) is 0.822. The first-order valence-electron chi connectivity index (χ1n) is 11.4. The van der Waals surface area contributed by atoms with Gasteiger partial charge in [-0.15, -0.1) is 0 Å². The molecule has 4 heterocycles. The number of nitrogens with zero attached hydrogens (tertiary/aromatic N) is 3. The van der Waals surface area contributed by atoms with Crippen LogP contribution >= 0.6 is 11.5 Å². The highest BCUT2D eigenvalue weighted by Crippen LogP contribution is 2.41. The molecule has 1 aromatic heterocycles. The number of aromatic nitrogens is 1. The number of hydrogen-bond acceptors (Lipinski definition) is 5. The van der Waals surface area contributed by atoms with Crippen LogP contribution in [-0.2, 0) is 11.3 Å². The molecule has 1 saturated carbocycles. The molecule has 0 unspecified atom stereocenters. The highest BCUT2D eigenvalue weighted by molar-refractivity contribution is 7.03. The molecular formula is C22H34N4OS. The number of likely N-dealkylation sites (tertiary alicyclic amines) is 1. The van der Waals surface area contributed by atoms with Crippen LogP contribution in [-0.4, -0.2) is 58.3 Å². The fourth-order valence-corrected chi connectivity index (χ4v) is 7.04. The van der Waals surface area contributed by atoms with Crippen LogP contribution in [0, 0.1) is 17.8 Å². The molecule has 0 spiro atoms. The van der Waals surface area contributed by atoms with Crippen molar-refractivity contribution >= 4 is 17.4 Å². The lowest BCUT2D eigenvalue weighted by Crippen LogP contribution is -2.65. The summed E-state index contributed by atoms with van der Waals surface area (Å²) < 4.78 is 4.29. The fourth-order valence-electron chi connectivity index (χ4n) is 6.52. The highest BCUT2D eigenvalue weighted by Gasteiger charge is 2.47. The SMILES string of the molecule is O=C(NC[C@H]1[C@H]2C[C@H](CN(Cc3cnsc3)C2)[C@@H]2CCCCN21)C1CCCC1. The first kappa shape index (κ1) is 19.0. The van der Waals surface area contributed by atoms with Gasteiger partial charge >= 0.3 is 0 Å². The maximum Gasteiger partial charge on any atom is 0.223 e. The van der Waals surface area contributed by atoms with E-state index in [2.05, 4.69) is 24.9 Å². The summed E-state index contributed by atoms with van der Waals surface area (Å²) in [6.07, 6.45) is 12.1. The van der Waals surface area contributed by atoms with E-state index in [9.17, 15) is 4.79 Å². The summed E-state index contributed by atoms with van der Waals surface area (Å²) in [5.41, 5.74) is 1.36. The monoisotopic (exact) mass is 402 g/mol. The molecule has 1 aliphatic carbocycles. The van der Waals surface area contributed by atoms with Gasteiger partial charge in [-0.05, 0) is 67.6 Å². The molecule has 154 valence electrons. The van der Waals surface area contributed by atoms with Gasteiger partial charge in [0.1, 0.15) is 0 Å². The number of amides is 1. The van der Waals surface area contributed by atoms with Crippen LogP contribution in [0.1, 0.15) is 56.9 Å². The Kier molecular flexibility index (Phi) is 5.71. The van der Waals surface area contributed by atoms with Gasteiger partial charge in [-0.1, -0.05) is 19.3 Å². The molecule has 4 aliphatic rings. The Morgan fingerprint density at radius 3 is 2.79 bits per heavy atom. The van der Waals surface area contributed by atoms with E-state index in [1.165, 1.54) is 63.7 Å². The van der Waals surface area contributed by atoms with E-state index in [4.69, 9.17) is 0 Å². The normalized spacial score (nSPS) is 34.3. The van der Waals surface area contributed by atoms with E-state index in [1.807, 2.05) is 6.20 Å². The molecule has 0 aromatic carbocycles. The minimum absolute atomic E-state index is 0.280. The van der Waals surface area contributed by atoms with E-state index < -0.39 is 0 Å². The first-order valence-corrected chi connectivity index (χ1v) is 12.3. The van der Waals surface area contributed by atoms with E-state index >= 15 is 0 Å². The lowest BCUT2D eigenvalue weighted by molar-refractivity contribution is -0.126. The summed E-state index contributed by atoms with van der Waals surface area (Å²) in [6.45, 7) is 5.53. The third-order valence-corrected chi connectivity index (χ3v) is 8.43. The molecule has 4 atom stereocenters. The topological polar surface area (TPSA) is 48.5 Å². The van der Waals surface area contributed by atoms with E-state index in [-0.39, 0.29) is 5.92 Å². The van der Waals surface area contributed by atoms with E-state index in [0.29, 0.717) is 17.9 Å². The number of rotatable bonds is 5. The molecule has 1 aromatic rings. The van der Waals surface area contributed by atoms with Crippen molar-refractivity contribution in [2.24, 2.45) is 17.8 Å². The van der Waals surface area contributed by atoms with Gasteiger partial charge in [-0.2, -0.15) is 0 Å². The molecule has 3 aliphatic heterocycles. The Labute approximate surface area is 173 Å². The summed E-state index contributed by atoms with van der Waals surface area (Å²) in [5.74, 6) is 2.09. The molecule has 6 heteroatoms. The Hall–Kier alpha value is -0.980. The lowest BCUT2D eigenvalue weighted by atomic mass is 9.72. The van der Waals surface area contributed by atoms with Crippen molar-refractivity contribution in [3.63, 3.8) is 0 Å². The third kappa shape index (κ3) is 3.88. The molecular weight excluding hydrogens is 368 g/mol. The number of hydrogen-bond donors (Lipinski definition) is 1. The van der Waals surface area contributed by atoms with Gasteiger partial charge in [-0.25, -0.2) is 4.37 Å². The molecule has 5 nitrogen and oxygen atoms in total. The molecule has 4 fully saturated rings. The van der Waals surface area contributed by atoms with Crippen LogP contribution in [0.4, 0.5) is 0 Å². The molecule has 1 N–H and O–H groups in total. The summed E-state index contributed by atoms with van der Waals surface area (Å²) in [5, 5.41) is 5.57. The maximum absolute atomic E-state index is 12.7. The van der Waals surface area contributed by atoms with Gasteiger partial charge < -0.3 is 5.32 Å². The zero-order chi connectivity index (χ0) is 18.9. The van der Waals surface area contributed by atoms with Crippen LogP contribution < -0.4 is 5.32 Å². The number of carbonyl (C=O) groups is 1. The van der Waals surface area contributed by atoms with Crippen LogP contribution in [0.5, 0.6) is 0 Å². The van der Waals surface area contributed by atoms with E-state index in [0.717, 1.165) is 37.9 Å². The second-order valence-electron chi connectivity index (χ2n) is 9.58. The second kappa shape index (κ2) is 8.41. The van der Waals surface area contributed by atoms with Crippen molar-refractivity contribution in [1.82, 2.24) is 19.5 Å². The average Bonchev–Trinajstić information content (AvgIpc) is 3.42. The van der Waals surface area contributed by atoms with Gasteiger partial charge in [0, 0.05) is 55.8 Å². The smallest absolute Gasteiger partial charge is 0.223 e. The van der Waals surface area contributed by atoms with Crippen molar-refractivity contribution in [2.75, 3.05) is 26.2 Å². The molecule has 28 heavy (non-hydrogen) atoms. The number of carbonyl (C=O) groups excluding carboxylic acids is 1. The molecule has 5 rings (SSSR count). The summed E-state index contributed by atoms with van der Waals surface area (Å²) in [6, 6.07) is 1.25. The predicted octanol–water partition coefficient (Wildman–Crippen LogP) is 3.12. The fraction of sp³-hybridized carbons (Fsp3) is 0.818. The Morgan fingerprint density at radius 2 is 1.96 bits per heavy atom. The zero-order valence-electron chi connectivity index (χ0n) is 16.9. The van der Waals surface area contributed by atoms with Crippen LogP contribution in [0.2, 0.25) is 0 Å². The second-order valence-corrected chi connectivity index (χ2v) is 10.2. The summed E-state index contributed by atoms with van der Waals surface area (Å²) in [7, 11) is 0. The van der Waals surface area contributed by atoms with Crippen molar-refractivity contribution < 1.29 is 4.79 Å². The van der Waals surface area contributed by atoms with Crippen LogP contribution in [0.3, 0.4) is 0 Å². The largest absolute Gasteiger partial charge is 0.354 e. The number of piperidine rings is 3. The molecule has 3 saturated heterocycles. The lowest BCUT2D eigenvalue weighted by Gasteiger charge is -2.57. The van der Waals surface area contributed by atoms with Crippen molar-refractivity contribution in [1.29, 1.82) is 0 Å². The van der Waals surface area contributed by atoms with E-state index in [1.54, 1.807) is 11.5 Å². The molecule has 0 radical (unpaired) electrons. The first-order chi connectivity index (χ1) is 13.8. The number of nitrogens with one attached hydrogen (secondary N) is 1. The van der Waals surface area contributed by atoms with Gasteiger partial charge in [-0.3, -0.25) is 14.6 Å². The van der Waals surface area contributed by atoms with Gasteiger partial charge in [0.15, 0.2) is 0 Å². The summed E-state index contributed by atoms with van der Waals surface area (Å²) in [4.78, 5) is 18.1. The summed E-state index contributed by atoms with van der Waals surface area (Å²) >= 11 is 1.56. The average molecular weight is 403 g/mol. The van der Waals surface area contributed by atoms with Crippen LogP contribution in [0.25, 0.3) is 0 Å². The minimum Gasteiger partial charge on any atom is -0.354 e. The van der Waals surface area contributed by atoms with Crippen molar-refractivity contribution in [3.05, 3.63) is 17.1 Å². The van der Waals surface area contributed by atoms with Gasteiger partial charge in [0.25, 0.3) is 0 Å².